The fraction of sp³-hybridized carbons (Fsp3) is 0.364. The predicted molar refractivity (Wildman–Crippen MR) is 110 cm³/mol. The number of likely N-dealkylation sites (tertiary alicyclic amines) is 1. The Hall–Kier alpha value is -2.66. The number of aromatic nitrogens is 2. The summed E-state index contributed by atoms with van der Waals surface area (Å²) in [4.78, 5) is 2.35. The van der Waals surface area contributed by atoms with E-state index in [0.717, 1.165) is 58.5 Å². The highest BCUT2D eigenvalue weighted by Gasteiger charge is 2.20. The molecule has 1 fully saturated rings. The van der Waals surface area contributed by atoms with Gasteiger partial charge in [0.05, 0.1) is 0 Å². The van der Waals surface area contributed by atoms with Crippen molar-refractivity contribution in [1.29, 1.82) is 0 Å². The number of hydrogen-bond acceptors (Lipinski definition) is 5. The van der Waals surface area contributed by atoms with Crippen molar-refractivity contribution in [2.75, 3.05) is 25.5 Å². The number of anilines is 1. The lowest BCUT2D eigenvalue weighted by Gasteiger charge is -2.30. The monoisotopic (exact) mass is 362 g/mol. The molecule has 1 aliphatic heterocycles. The summed E-state index contributed by atoms with van der Waals surface area (Å²) in [5, 5.41) is 25.3. The molecule has 3 aromatic rings. The van der Waals surface area contributed by atoms with Crippen molar-refractivity contribution in [2.24, 2.45) is 0 Å². The van der Waals surface area contributed by atoms with Gasteiger partial charge in [-0.05, 0) is 57.5 Å². The number of fused-ring (bicyclic) bond motifs is 1. The number of piperidine rings is 1. The summed E-state index contributed by atoms with van der Waals surface area (Å²) in [5.74, 6) is 1.10. The average molecular weight is 362 g/mol. The normalized spacial score (nSPS) is 18.0. The van der Waals surface area contributed by atoms with Gasteiger partial charge in [0.1, 0.15) is 11.4 Å². The van der Waals surface area contributed by atoms with E-state index >= 15 is 0 Å². The number of phenols is 1. The molecule has 1 saturated heterocycles. The number of aromatic hydroxyl groups is 1. The van der Waals surface area contributed by atoms with Crippen molar-refractivity contribution < 1.29 is 5.11 Å². The molecule has 1 atom stereocenters. The van der Waals surface area contributed by atoms with Crippen molar-refractivity contribution in [3.05, 3.63) is 47.5 Å². The van der Waals surface area contributed by atoms with E-state index in [4.69, 9.17) is 0 Å². The fourth-order valence-corrected chi connectivity index (χ4v) is 3.88. The third kappa shape index (κ3) is 3.35. The molecular weight excluding hydrogens is 336 g/mol. The van der Waals surface area contributed by atoms with Gasteiger partial charge in [-0.2, -0.15) is 0 Å². The molecule has 27 heavy (non-hydrogen) atoms. The molecule has 1 aromatic heterocycles. The van der Waals surface area contributed by atoms with Crippen LogP contribution in [0.3, 0.4) is 0 Å². The number of aryl methyl sites for hydroxylation is 1. The minimum absolute atomic E-state index is 0.282. The van der Waals surface area contributed by atoms with Crippen molar-refractivity contribution in [3.8, 4) is 17.0 Å². The first-order valence-electron chi connectivity index (χ1n) is 9.54. The van der Waals surface area contributed by atoms with Crippen LogP contribution in [0.1, 0.15) is 24.0 Å². The summed E-state index contributed by atoms with van der Waals surface area (Å²) in [6.07, 6.45) is 2.33. The fourth-order valence-electron chi connectivity index (χ4n) is 3.88. The Labute approximate surface area is 160 Å². The van der Waals surface area contributed by atoms with Gasteiger partial charge >= 0.3 is 0 Å². The zero-order valence-electron chi connectivity index (χ0n) is 16.2. The van der Waals surface area contributed by atoms with Crippen LogP contribution in [0.4, 0.5) is 5.82 Å². The Morgan fingerprint density at radius 2 is 1.85 bits per heavy atom. The van der Waals surface area contributed by atoms with Gasteiger partial charge in [0.15, 0.2) is 5.82 Å². The van der Waals surface area contributed by atoms with Crippen LogP contribution in [0.15, 0.2) is 36.4 Å². The van der Waals surface area contributed by atoms with E-state index in [0.29, 0.717) is 6.04 Å². The maximum atomic E-state index is 10.7. The van der Waals surface area contributed by atoms with Crippen molar-refractivity contribution >= 4 is 16.6 Å². The second-order valence-electron chi connectivity index (χ2n) is 7.59. The van der Waals surface area contributed by atoms with Crippen LogP contribution in [0.5, 0.6) is 5.75 Å². The molecule has 2 aromatic carbocycles. The van der Waals surface area contributed by atoms with E-state index in [1.54, 1.807) is 0 Å². The third-order valence-corrected chi connectivity index (χ3v) is 5.61. The van der Waals surface area contributed by atoms with Gasteiger partial charge in [0.2, 0.25) is 0 Å². The van der Waals surface area contributed by atoms with E-state index in [9.17, 15) is 5.11 Å². The number of nitrogens with one attached hydrogen (secondary N) is 1. The zero-order chi connectivity index (χ0) is 19.0. The van der Waals surface area contributed by atoms with Gasteiger partial charge in [-0.15, -0.1) is 10.2 Å². The first kappa shape index (κ1) is 17.7. The van der Waals surface area contributed by atoms with Crippen LogP contribution in [0, 0.1) is 13.8 Å². The molecule has 0 unspecified atom stereocenters. The molecule has 0 spiro atoms. The Balaban J connectivity index is 1.78. The standard InChI is InChI=1S/C22H26N4O/c1-14-10-11-19(21(27)15(14)2)20-17-8-4-5-9-18(17)22(25-24-20)23-16-7-6-12-26(3)13-16/h4-5,8-11,16,27H,6-7,12-13H2,1-3H3,(H,23,25)/t16-/m1/s1. The lowest BCUT2D eigenvalue weighted by Crippen LogP contribution is -2.40. The number of hydrogen-bond donors (Lipinski definition) is 2. The van der Waals surface area contributed by atoms with E-state index in [1.165, 1.54) is 6.42 Å². The quantitative estimate of drug-likeness (QED) is 0.734. The van der Waals surface area contributed by atoms with E-state index in [1.807, 2.05) is 44.2 Å². The lowest BCUT2D eigenvalue weighted by atomic mass is 9.99. The van der Waals surface area contributed by atoms with Gasteiger partial charge < -0.3 is 15.3 Å². The second kappa shape index (κ2) is 7.16. The molecule has 5 heteroatoms. The molecule has 0 amide bonds. The molecule has 0 bridgehead atoms. The number of benzene rings is 2. The average Bonchev–Trinajstić information content (AvgIpc) is 2.67. The largest absolute Gasteiger partial charge is 0.507 e. The number of rotatable bonds is 3. The number of likely N-dealkylation sites (N-methyl/N-ethyl adjacent to an activating group) is 1. The Morgan fingerprint density at radius 1 is 1.07 bits per heavy atom. The summed E-state index contributed by atoms with van der Waals surface area (Å²) < 4.78 is 0. The van der Waals surface area contributed by atoms with Gasteiger partial charge in [-0.3, -0.25) is 0 Å². The SMILES string of the molecule is Cc1ccc(-c2nnc(N[C@@H]3CCCN(C)C3)c3ccccc23)c(O)c1C. The van der Waals surface area contributed by atoms with E-state index in [-0.39, 0.29) is 5.75 Å². The maximum absolute atomic E-state index is 10.7. The molecule has 0 aliphatic carbocycles. The molecule has 5 nitrogen and oxygen atoms in total. The smallest absolute Gasteiger partial charge is 0.156 e. The summed E-state index contributed by atoms with van der Waals surface area (Å²) in [6.45, 7) is 6.08. The summed E-state index contributed by atoms with van der Waals surface area (Å²) in [6, 6.07) is 12.5. The predicted octanol–water partition coefficient (Wildman–Crippen LogP) is 4.13. The van der Waals surface area contributed by atoms with Crippen LogP contribution in [-0.2, 0) is 0 Å². The van der Waals surface area contributed by atoms with Crippen LogP contribution < -0.4 is 5.32 Å². The molecule has 2 N–H and O–H groups in total. The third-order valence-electron chi connectivity index (χ3n) is 5.61. The summed E-state index contributed by atoms with van der Waals surface area (Å²) in [5.41, 5.74) is 3.39. The van der Waals surface area contributed by atoms with Gasteiger partial charge in [-0.1, -0.05) is 30.3 Å². The summed E-state index contributed by atoms with van der Waals surface area (Å²) >= 11 is 0. The van der Waals surface area contributed by atoms with E-state index < -0.39 is 0 Å². The highest BCUT2D eigenvalue weighted by molar-refractivity contribution is 6.01. The lowest BCUT2D eigenvalue weighted by molar-refractivity contribution is 0.261. The van der Waals surface area contributed by atoms with Crippen LogP contribution in [0.2, 0.25) is 0 Å². The van der Waals surface area contributed by atoms with Gasteiger partial charge in [0, 0.05) is 28.9 Å². The molecule has 0 radical (unpaired) electrons. The number of phenolic OH excluding ortho intramolecular Hbond substituents is 1. The first-order valence-corrected chi connectivity index (χ1v) is 9.54. The van der Waals surface area contributed by atoms with Crippen LogP contribution in [-0.4, -0.2) is 46.4 Å². The molecule has 2 heterocycles. The van der Waals surface area contributed by atoms with Crippen molar-refractivity contribution in [2.45, 2.75) is 32.7 Å². The second-order valence-corrected chi connectivity index (χ2v) is 7.59. The highest BCUT2D eigenvalue weighted by atomic mass is 16.3. The van der Waals surface area contributed by atoms with Gasteiger partial charge in [-0.25, -0.2) is 0 Å². The van der Waals surface area contributed by atoms with Crippen LogP contribution >= 0.6 is 0 Å². The Morgan fingerprint density at radius 3 is 2.63 bits per heavy atom. The first-order chi connectivity index (χ1) is 13.0. The topological polar surface area (TPSA) is 61.3 Å². The van der Waals surface area contributed by atoms with Crippen LogP contribution in [0.25, 0.3) is 22.0 Å². The molecule has 140 valence electrons. The van der Waals surface area contributed by atoms with E-state index in [2.05, 4.69) is 33.5 Å². The minimum Gasteiger partial charge on any atom is -0.507 e. The van der Waals surface area contributed by atoms with Crippen molar-refractivity contribution in [1.82, 2.24) is 15.1 Å². The maximum Gasteiger partial charge on any atom is 0.156 e. The Kier molecular flexibility index (Phi) is 4.70. The van der Waals surface area contributed by atoms with Crippen molar-refractivity contribution in [3.63, 3.8) is 0 Å². The molecule has 1 aliphatic rings. The minimum atomic E-state index is 0.282. The number of nitrogens with zero attached hydrogens (tertiary/aromatic N) is 3. The zero-order valence-corrected chi connectivity index (χ0v) is 16.2. The molecular formula is C22H26N4O. The van der Waals surface area contributed by atoms with Gasteiger partial charge in [0.25, 0.3) is 0 Å². The molecule has 4 rings (SSSR count). The molecule has 0 saturated carbocycles. The Bertz CT molecular complexity index is 985. The summed E-state index contributed by atoms with van der Waals surface area (Å²) in [7, 11) is 2.16. The highest BCUT2D eigenvalue weighted by Crippen LogP contribution is 2.37.